The van der Waals surface area contributed by atoms with E-state index in [1.165, 1.54) is 4.90 Å². The molecule has 0 unspecified atom stereocenters. The van der Waals surface area contributed by atoms with E-state index in [0.717, 1.165) is 0 Å². The third-order valence-electron chi connectivity index (χ3n) is 11.5. The molecule has 1 aliphatic rings. The molecule has 0 aromatic heterocycles. The number of carboxylic acids is 3. The van der Waals surface area contributed by atoms with Crippen molar-refractivity contribution in [2.75, 3.05) is 19.6 Å². The Morgan fingerprint density at radius 3 is 1.76 bits per heavy atom. The summed E-state index contributed by atoms with van der Waals surface area (Å²) in [4.78, 5) is 161. The number of nitrogens with one attached hydrogen (secondary N) is 7. The number of primary amides is 1. The molecule has 75 heavy (non-hydrogen) atoms. The number of amides is 9. The third-order valence-corrected chi connectivity index (χ3v) is 11.5. The van der Waals surface area contributed by atoms with Crippen LogP contribution >= 0.6 is 0 Å². The molecule has 0 saturated carbocycles. The number of nitrogens with zero attached hydrogens (tertiary/aromatic N) is 2. The molecule has 18 N–H and O–H groups in total. The summed E-state index contributed by atoms with van der Waals surface area (Å²) in [5, 5.41) is 45.3. The number of carbonyl (C=O) groups is 12. The standard InChI is InChI=1S/C47H73N13O15/c1-24(2)18-30(40(68)53-23-36(62)54-29(46(74)75)12-8-16-52-47(50)51)58-44(72)34-13-9-17-60(34)45(73)33(20-26-10-6-5-7-11-26)59-41(69)28(14-15-35(49)61)55-43(71)32(22-38(65)66)57-42(70)31(19-25(3)4)56-39(67)27(48)21-37(63)64/h5-7,10-11,24-25,27-34H,8-9,12-23,48H2,1-4H3,(H2,49,61)(H,53,68)(H,54,62)(H,55,71)(H,56,67)(H,57,70)(H,58,72)(H,59,69)(H,63,64)(H,65,66)(H,74,75)(H4,50,51,52)/t27-,28-,29-,30-,31-,32-,33-,34-/m0/s1. The van der Waals surface area contributed by atoms with Crippen LogP contribution in [0.25, 0.3) is 0 Å². The van der Waals surface area contributed by atoms with Crippen molar-refractivity contribution in [3.8, 4) is 0 Å². The summed E-state index contributed by atoms with van der Waals surface area (Å²) < 4.78 is 0. The van der Waals surface area contributed by atoms with Crippen molar-refractivity contribution in [1.29, 1.82) is 0 Å². The van der Waals surface area contributed by atoms with Gasteiger partial charge in [0, 0.05) is 25.9 Å². The van der Waals surface area contributed by atoms with Gasteiger partial charge in [-0.25, -0.2) is 4.79 Å². The SMILES string of the molecule is CC(C)C[C@H](NC(=O)[C@@H](N)CC(=O)O)C(=O)N[C@@H](CC(=O)O)C(=O)N[C@@H](CCC(N)=O)C(=O)N[C@@H](Cc1ccccc1)C(=O)N1CCC[C@H]1C(=O)N[C@@H](CC(C)C)C(=O)NCC(=O)N[C@@H](CCCN=C(N)N)C(=O)O. The summed E-state index contributed by atoms with van der Waals surface area (Å²) in [6, 6.07) is -3.35. The Kier molecular flexibility index (Phi) is 26.7. The van der Waals surface area contributed by atoms with Crippen molar-refractivity contribution in [2.45, 2.75) is 147 Å². The van der Waals surface area contributed by atoms with Gasteiger partial charge in [0.25, 0.3) is 0 Å². The first-order valence-corrected chi connectivity index (χ1v) is 24.4. The number of carboxylic acid groups (broad SMARTS) is 3. The molecule has 0 bridgehead atoms. The lowest BCUT2D eigenvalue weighted by Gasteiger charge is -2.31. The highest BCUT2D eigenvalue weighted by atomic mass is 16.4. The largest absolute Gasteiger partial charge is 0.481 e. The van der Waals surface area contributed by atoms with Crippen LogP contribution in [0, 0.1) is 11.8 Å². The van der Waals surface area contributed by atoms with Gasteiger partial charge in [-0.05, 0) is 62.3 Å². The third kappa shape index (κ3) is 23.7. The van der Waals surface area contributed by atoms with Crippen LogP contribution in [0.4, 0.5) is 0 Å². The van der Waals surface area contributed by atoms with Gasteiger partial charge in [0.15, 0.2) is 5.96 Å². The van der Waals surface area contributed by atoms with Crippen LogP contribution in [0.3, 0.4) is 0 Å². The lowest BCUT2D eigenvalue weighted by molar-refractivity contribution is -0.143. The minimum absolute atomic E-state index is 0.0197. The van der Waals surface area contributed by atoms with E-state index in [2.05, 4.69) is 42.2 Å². The highest BCUT2D eigenvalue weighted by molar-refractivity contribution is 5.99. The Labute approximate surface area is 433 Å². The Balaban J connectivity index is 2.38. The van der Waals surface area contributed by atoms with Gasteiger partial charge < -0.3 is 80.4 Å². The smallest absolute Gasteiger partial charge is 0.326 e. The molecule has 1 saturated heterocycles. The maximum Gasteiger partial charge on any atom is 0.326 e. The number of aliphatic carboxylic acids is 3. The van der Waals surface area contributed by atoms with Crippen molar-refractivity contribution in [3.63, 3.8) is 0 Å². The number of rotatable bonds is 33. The summed E-state index contributed by atoms with van der Waals surface area (Å²) in [7, 11) is 0. The van der Waals surface area contributed by atoms with Crippen LogP contribution in [0.2, 0.25) is 0 Å². The fourth-order valence-corrected chi connectivity index (χ4v) is 7.84. The van der Waals surface area contributed by atoms with Gasteiger partial charge >= 0.3 is 17.9 Å². The average molecular weight is 1060 g/mol. The molecule has 28 nitrogen and oxygen atoms in total. The molecular formula is C47H73N13O15. The Hall–Kier alpha value is -7.91. The summed E-state index contributed by atoms with van der Waals surface area (Å²) in [6.45, 7) is 6.42. The van der Waals surface area contributed by atoms with Gasteiger partial charge in [-0.2, -0.15) is 0 Å². The van der Waals surface area contributed by atoms with E-state index in [1.807, 2.05) is 0 Å². The van der Waals surface area contributed by atoms with Crippen molar-refractivity contribution >= 4 is 77.0 Å². The van der Waals surface area contributed by atoms with Gasteiger partial charge in [0.2, 0.25) is 53.2 Å². The summed E-state index contributed by atoms with van der Waals surface area (Å²) in [5.74, 6) is -13.2. The van der Waals surface area contributed by atoms with E-state index >= 15 is 0 Å². The first kappa shape index (κ1) is 63.2. The summed E-state index contributed by atoms with van der Waals surface area (Å²) >= 11 is 0. The summed E-state index contributed by atoms with van der Waals surface area (Å²) in [5.41, 5.74) is 22.2. The molecule has 1 aromatic carbocycles. The van der Waals surface area contributed by atoms with Crippen LogP contribution in [0.5, 0.6) is 0 Å². The van der Waals surface area contributed by atoms with Crippen molar-refractivity contribution in [1.82, 2.24) is 42.1 Å². The predicted octanol–water partition coefficient (Wildman–Crippen LogP) is -3.98. The van der Waals surface area contributed by atoms with E-state index in [4.69, 9.17) is 28.0 Å². The Morgan fingerprint density at radius 1 is 0.653 bits per heavy atom. The minimum Gasteiger partial charge on any atom is -0.481 e. The van der Waals surface area contributed by atoms with Crippen molar-refractivity contribution in [3.05, 3.63) is 35.9 Å². The minimum atomic E-state index is -1.90. The van der Waals surface area contributed by atoms with Crippen LogP contribution in [-0.4, -0.2) is 165 Å². The fraction of sp³-hybridized carbons (Fsp3) is 0.596. The monoisotopic (exact) mass is 1060 g/mol. The van der Waals surface area contributed by atoms with Gasteiger partial charge in [-0.3, -0.25) is 57.7 Å². The van der Waals surface area contributed by atoms with Gasteiger partial charge in [0.05, 0.1) is 25.4 Å². The molecule has 416 valence electrons. The number of benzene rings is 1. The fourth-order valence-electron chi connectivity index (χ4n) is 7.84. The van der Waals surface area contributed by atoms with Crippen LogP contribution in [0.15, 0.2) is 35.3 Å². The molecule has 0 spiro atoms. The van der Waals surface area contributed by atoms with E-state index in [0.29, 0.717) is 12.0 Å². The van der Waals surface area contributed by atoms with Crippen LogP contribution in [0.1, 0.15) is 97.5 Å². The number of likely N-dealkylation sites (tertiary alicyclic amines) is 1. The normalized spacial score (nSPS) is 15.8. The molecule has 9 amide bonds. The number of aliphatic imine (C=N–C) groups is 1. The molecule has 0 radical (unpaired) electrons. The molecule has 2 rings (SSSR count). The first-order chi connectivity index (χ1) is 35.2. The van der Waals surface area contributed by atoms with Gasteiger partial charge in [-0.15, -0.1) is 0 Å². The second kappa shape index (κ2) is 31.6. The van der Waals surface area contributed by atoms with Crippen LogP contribution in [-0.2, 0) is 64.0 Å². The van der Waals surface area contributed by atoms with Crippen molar-refractivity contribution in [2.24, 2.45) is 39.8 Å². The highest BCUT2D eigenvalue weighted by Gasteiger charge is 2.40. The molecule has 1 heterocycles. The van der Waals surface area contributed by atoms with E-state index < -0.39 is 152 Å². The molecule has 1 aromatic rings. The molecule has 0 aliphatic carbocycles. The van der Waals surface area contributed by atoms with E-state index in [9.17, 15) is 67.7 Å². The lowest BCUT2D eigenvalue weighted by atomic mass is 10.0. The zero-order chi connectivity index (χ0) is 56.5. The second-order valence-electron chi connectivity index (χ2n) is 18.9. The zero-order valence-corrected chi connectivity index (χ0v) is 42.5. The number of carbonyl (C=O) groups excluding carboxylic acids is 9. The predicted molar refractivity (Wildman–Crippen MR) is 267 cm³/mol. The van der Waals surface area contributed by atoms with E-state index in [-0.39, 0.29) is 69.4 Å². The molecular weight excluding hydrogens is 987 g/mol. The maximum absolute atomic E-state index is 14.6. The highest BCUT2D eigenvalue weighted by Crippen LogP contribution is 2.21. The molecule has 8 atom stereocenters. The molecule has 1 aliphatic heterocycles. The van der Waals surface area contributed by atoms with Crippen LogP contribution < -0.4 is 60.2 Å². The van der Waals surface area contributed by atoms with Gasteiger partial charge in [0.1, 0.15) is 42.3 Å². The number of guanidine groups is 1. The van der Waals surface area contributed by atoms with Gasteiger partial charge in [-0.1, -0.05) is 58.0 Å². The van der Waals surface area contributed by atoms with Crippen molar-refractivity contribution < 1.29 is 72.9 Å². The molecule has 28 heteroatoms. The summed E-state index contributed by atoms with van der Waals surface area (Å²) in [6.07, 6.45) is -2.27. The Morgan fingerprint density at radius 2 is 1.20 bits per heavy atom. The van der Waals surface area contributed by atoms with E-state index in [1.54, 1.807) is 58.0 Å². The molecule has 1 fully saturated rings. The Bertz CT molecular complexity index is 2230. The number of hydrogen-bond acceptors (Lipinski definition) is 14. The quantitative estimate of drug-likeness (QED) is 0.0181. The second-order valence-corrected chi connectivity index (χ2v) is 18.9. The lowest BCUT2D eigenvalue weighted by Crippen LogP contribution is -2.60. The first-order valence-electron chi connectivity index (χ1n) is 24.4. The number of nitrogens with two attached hydrogens (primary N) is 4. The average Bonchev–Trinajstić information content (AvgIpc) is 3.81. The zero-order valence-electron chi connectivity index (χ0n) is 42.5. The topological polar surface area (TPSA) is 469 Å². The maximum atomic E-state index is 14.6. The number of hydrogen-bond donors (Lipinski definition) is 14.